The number of nitrogens with one attached hydrogen (secondary N) is 1. The van der Waals surface area contributed by atoms with Crippen LogP contribution in [0.2, 0.25) is 0 Å². The number of carbonyl (C=O) groups excluding carboxylic acids is 1. The number of anilines is 1. The Hall–Kier alpha value is -3.61. The summed E-state index contributed by atoms with van der Waals surface area (Å²) in [6, 6.07) is 16.9. The van der Waals surface area contributed by atoms with E-state index in [9.17, 15) is 9.59 Å². The normalized spacial score (nSPS) is 11.6. The van der Waals surface area contributed by atoms with E-state index < -0.39 is 6.04 Å². The van der Waals surface area contributed by atoms with Crippen molar-refractivity contribution < 1.29 is 14.3 Å². The highest BCUT2D eigenvalue weighted by molar-refractivity contribution is 5.94. The lowest BCUT2D eigenvalue weighted by atomic mass is 10.1. The number of amides is 1. The summed E-state index contributed by atoms with van der Waals surface area (Å²) in [5, 5.41) is 7.27. The maximum Gasteiger partial charge on any atom is 0.267 e. The number of hydrogen-bond acceptors (Lipinski definition) is 5. The lowest BCUT2D eigenvalue weighted by Crippen LogP contribution is -2.34. The standard InChI is InChI=1S/C22H23N3O4/c1-4-20(22(27)23-16-12-17(28-2)14-18(13-16)29-3)25-21(26)11-10-19(24-25)15-8-6-5-7-9-15/h5-14,20H,4H2,1-3H3,(H,23,27). The Kier molecular flexibility index (Phi) is 6.29. The lowest BCUT2D eigenvalue weighted by Gasteiger charge is -2.18. The fraction of sp³-hybridized carbons (Fsp3) is 0.227. The van der Waals surface area contributed by atoms with Crippen molar-refractivity contribution in [3.63, 3.8) is 0 Å². The molecule has 1 amide bonds. The SMILES string of the molecule is CCC(C(=O)Nc1cc(OC)cc(OC)c1)n1nc(-c2ccccc2)ccc1=O. The fourth-order valence-electron chi connectivity index (χ4n) is 2.99. The van der Waals surface area contributed by atoms with Crippen LogP contribution in [0.5, 0.6) is 11.5 Å². The molecular weight excluding hydrogens is 370 g/mol. The van der Waals surface area contributed by atoms with E-state index >= 15 is 0 Å². The molecule has 2 aromatic carbocycles. The second-order valence-electron chi connectivity index (χ2n) is 6.38. The summed E-state index contributed by atoms with van der Waals surface area (Å²) in [7, 11) is 3.07. The van der Waals surface area contributed by atoms with E-state index in [1.165, 1.54) is 25.0 Å². The van der Waals surface area contributed by atoms with Gasteiger partial charge in [0.05, 0.1) is 19.9 Å². The van der Waals surface area contributed by atoms with Crippen LogP contribution >= 0.6 is 0 Å². The summed E-state index contributed by atoms with van der Waals surface area (Å²) in [6.45, 7) is 1.83. The molecule has 0 saturated carbocycles. The maximum atomic E-state index is 13.0. The summed E-state index contributed by atoms with van der Waals surface area (Å²) in [5.41, 5.74) is 1.67. The van der Waals surface area contributed by atoms with Gasteiger partial charge in [0.25, 0.3) is 5.56 Å². The average molecular weight is 393 g/mol. The van der Waals surface area contributed by atoms with Crippen LogP contribution in [0.3, 0.4) is 0 Å². The van der Waals surface area contributed by atoms with E-state index in [1.54, 1.807) is 24.3 Å². The molecule has 1 aromatic heterocycles. The molecular formula is C22H23N3O4. The van der Waals surface area contributed by atoms with Gasteiger partial charge < -0.3 is 14.8 Å². The third kappa shape index (κ3) is 4.63. The molecule has 150 valence electrons. The fourth-order valence-corrected chi connectivity index (χ4v) is 2.99. The zero-order valence-electron chi connectivity index (χ0n) is 16.6. The van der Waals surface area contributed by atoms with Crippen molar-refractivity contribution in [3.05, 3.63) is 71.0 Å². The molecule has 0 radical (unpaired) electrons. The first-order valence-corrected chi connectivity index (χ1v) is 9.25. The van der Waals surface area contributed by atoms with Gasteiger partial charge in [0.1, 0.15) is 17.5 Å². The molecule has 1 unspecified atom stereocenters. The average Bonchev–Trinajstić information content (AvgIpc) is 2.75. The van der Waals surface area contributed by atoms with E-state index in [1.807, 2.05) is 37.3 Å². The minimum Gasteiger partial charge on any atom is -0.497 e. The Bertz CT molecular complexity index is 1030. The van der Waals surface area contributed by atoms with Gasteiger partial charge in [-0.1, -0.05) is 37.3 Å². The van der Waals surface area contributed by atoms with Gasteiger partial charge in [0, 0.05) is 35.5 Å². The predicted molar refractivity (Wildman–Crippen MR) is 111 cm³/mol. The van der Waals surface area contributed by atoms with Gasteiger partial charge in [-0.05, 0) is 12.5 Å². The molecule has 0 spiro atoms. The Morgan fingerprint density at radius 2 is 1.69 bits per heavy atom. The lowest BCUT2D eigenvalue weighted by molar-refractivity contribution is -0.119. The van der Waals surface area contributed by atoms with Crippen LogP contribution < -0.4 is 20.3 Å². The highest BCUT2D eigenvalue weighted by atomic mass is 16.5. The molecule has 0 saturated heterocycles. The van der Waals surface area contributed by atoms with Crippen molar-refractivity contribution in [2.24, 2.45) is 0 Å². The molecule has 0 aliphatic heterocycles. The topological polar surface area (TPSA) is 82.4 Å². The highest BCUT2D eigenvalue weighted by Gasteiger charge is 2.22. The van der Waals surface area contributed by atoms with Crippen LogP contribution in [0.1, 0.15) is 19.4 Å². The van der Waals surface area contributed by atoms with Crippen LogP contribution in [0.25, 0.3) is 11.3 Å². The smallest absolute Gasteiger partial charge is 0.267 e. The Labute approximate surface area is 168 Å². The second-order valence-corrected chi connectivity index (χ2v) is 6.38. The quantitative estimate of drug-likeness (QED) is 0.664. The molecule has 3 aromatic rings. The van der Waals surface area contributed by atoms with E-state index in [0.29, 0.717) is 29.3 Å². The number of carbonyl (C=O) groups is 1. The van der Waals surface area contributed by atoms with Crippen LogP contribution in [-0.2, 0) is 4.79 Å². The van der Waals surface area contributed by atoms with Crippen molar-refractivity contribution in [3.8, 4) is 22.8 Å². The molecule has 0 aliphatic carbocycles. The third-order valence-electron chi connectivity index (χ3n) is 4.50. The van der Waals surface area contributed by atoms with Crippen molar-refractivity contribution >= 4 is 11.6 Å². The number of benzene rings is 2. The Morgan fingerprint density at radius 1 is 1.03 bits per heavy atom. The first-order valence-electron chi connectivity index (χ1n) is 9.25. The highest BCUT2D eigenvalue weighted by Crippen LogP contribution is 2.26. The first kappa shape index (κ1) is 20.1. The van der Waals surface area contributed by atoms with Crippen molar-refractivity contribution in [2.45, 2.75) is 19.4 Å². The van der Waals surface area contributed by atoms with Gasteiger partial charge in [0.15, 0.2) is 0 Å². The zero-order valence-corrected chi connectivity index (χ0v) is 16.6. The molecule has 3 rings (SSSR count). The Balaban J connectivity index is 1.91. The molecule has 0 fully saturated rings. The summed E-state index contributed by atoms with van der Waals surface area (Å²) < 4.78 is 11.7. The number of methoxy groups -OCH3 is 2. The number of ether oxygens (including phenoxy) is 2. The zero-order chi connectivity index (χ0) is 20.8. The van der Waals surface area contributed by atoms with Crippen LogP contribution in [0.15, 0.2) is 65.5 Å². The summed E-state index contributed by atoms with van der Waals surface area (Å²) in [6.07, 6.45) is 0.401. The molecule has 1 N–H and O–H groups in total. The van der Waals surface area contributed by atoms with Gasteiger partial charge in [0.2, 0.25) is 5.91 Å². The minimum atomic E-state index is -0.761. The van der Waals surface area contributed by atoms with Gasteiger partial charge in [-0.2, -0.15) is 5.10 Å². The summed E-state index contributed by atoms with van der Waals surface area (Å²) in [4.78, 5) is 25.4. The van der Waals surface area contributed by atoms with Crippen molar-refractivity contribution in [1.82, 2.24) is 9.78 Å². The first-order chi connectivity index (χ1) is 14.0. The Morgan fingerprint density at radius 3 is 2.28 bits per heavy atom. The summed E-state index contributed by atoms with van der Waals surface area (Å²) in [5.74, 6) is 0.755. The molecule has 29 heavy (non-hydrogen) atoms. The largest absolute Gasteiger partial charge is 0.497 e. The second kappa shape index (κ2) is 9.05. The number of nitrogens with zero attached hydrogens (tertiary/aromatic N) is 2. The van der Waals surface area contributed by atoms with E-state index in [-0.39, 0.29) is 11.5 Å². The van der Waals surface area contributed by atoms with Crippen LogP contribution in [0.4, 0.5) is 5.69 Å². The number of rotatable bonds is 7. The molecule has 1 atom stereocenters. The van der Waals surface area contributed by atoms with E-state index in [2.05, 4.69) is 10.4 Å². The van der Waals surface area contributed by atoms with Crippen molar-refractivity contribution in [2.75, 3.05) is 19.5 Å². The predicted octanol–water partition coefficient (Wildman–Crippen LogP) is 3.52. The minimum absolute atomic E-state index is 0.338. The van der Waals surface area contributed by atoms with E-state index in [4.69, 9.17) is 9.47 Å². The van der Waals surface area contributed by atoms with E-state index in [0.717, 1.165) is 5.56 Å². The number of aromatic nitrogens is 2. The summed E-state index contributed by atoms with van der Waals surface area (Å²) >= 11 is 0. The molecule has 7 nitrogen and oxygen atoms in total. The van der Waals surface area contributed by atoms with Crippen LogP contribution in [-0.4, -0.2) is 29.9 Å². The van der Waals surface area contributed by atoms with Gasteiger partial charge in [-0.3, -0.25) is 9.59 Å². The van der Waals surface area contributed by atoms with Crippen LogP contribution in [0, 0.1) is 0 Å². The van der Waals surface area contributed by atoms with Crippen molar-refractivity contribution in [1.29, 1.82) is 0 Å². The van der Waals surface area contributed by atoms with Gasteiger partial charge in [-0.25, -0.2) is 4.68 Å². The molecule has 7 heteroatoms. The third-order valence-corrected chi connectivity index (χ3v) is 4.50. The molecule has 0 bridgehead atoms. The maximum absolute atomic E-state index is 13.0. The van der Waals surface area contributed by atoms with Gasteiger partial charge in [-0.15, -0.1) is 0 Å². The number of hydrogen-bond donors (Lipinski definition) is 1. The monoisotopic (exact) mass is 393 g/mol. The van der Waals surface area contributed by atoms with Gasteiger partial charge >= 0.3 is 0 Å². The molecule has 1 heterocycles. The molecule has 0 aliphatic rings.